The van der Waals surface area contributed by atoms with Crippen LogP contribution < -0.4 is 0 Å². The van der Waals surface area contributed by atoms with Gasteiger partial charge in [0.05, 0.1) is 39.2 Å². The Morgan fingerprint density at radius 1 is 0.950 bits per heavy atom. The second-order valence-electron chi connectivity index (χ2n) is 6.21. The van der Waals surface area contributed by atoms with Crippen LogP contribution in [-0.2, 0) is 4.74 Å². The van der Waals surface area contributed by atoms with Crippen molar-refractivity contribution in [1.29, 1.82) is 0 Å². The van der Waals surface area contributed by atoms with Gasteiger partial charge in [-0.1, -0.05) is 5.34 Å². The van der Waals surface area contributed by atoms with Crippen LogP contribution in [0.5, 0.6) is 0 Å². The third kappa shape index (κ3) is 4.27. The first kappa shape index (κ1) is 17.6. The second kappa shape index (κ2) is 5.74. The molecule has 20 heavy (non-hydrogen) atoms. The standard InChI is InChI=1S/C11H17B5N2O2/c1-9(2,3)20-8(19)17-4-6-18(7-5-17)11(15,16)10(12,13)14/h4-7H2,1-3H3. The molecule has 4 nitrogen and oxygen atoms in total. The number of hydrogen-bond donors (Lipinski definition) is 0. The highest BCUT2D eigenvalue weighted by Crippen LogP contribution is 2.29. The minimum Gasteiger partial charge on any atom is -0.444 e. The predicted molar refractivity (Wildman–Crippen MR) is 83.6 cm³/mol. The number of ether oxygens (including phenoxy) is 1. The molecule has 1 fully saturated rings. The quantitative estimate of drug-likeness (QED) is 0.606. The molecule has 0 spiro atoms. The Labute approximate surface area is 128 Å². The molecule has 1 heterocycles. The molecule has 0 saturated carbocycles. The average Bonchev–Trinajstić information content (AvgIpc) is 2.25. The van der Waals surface area contributed by atoms with Crippen molar-refractivity contribution in [1.82, 2.24) is 9.80 Å². The molecular formula is C11H17B5N2O2. The number of carbonyl (C=O) groups excluding carboxylic acids is 1. The van der Waals surface area contributed by atoms with Crippen LogP contribution in [0.3, 0.4) is 0 Å². The number of rotatable bonds is 2. The van der Waals surface area contributed by atoms with Crippen LogP contribution in [-0.4, -0.2) is 92.2 Å². The second-order valence-corrected chi connectivity index (χ2v) is 6.21. The van der Waals surface area contributed by atoms with Crippen molar-refractivity contribution >= 4 is 45.3 Å². The molecule has 0 unspecified atom stereocenters. The SMILES string of the molecule is [B]C([B])([B])C([B])([B])N1CCN(C(=O)OC(C)(C)C)CC1. The Morgan fingerprint density at radius 3 is 1.75 bits per heavy atom. The number of nitrogens with zero attached hydrogens (tertiary/aromatic N) is 2. The first-order valence-corrected chi connectivity index (χ1v) is 6.52. The number of piperazine rings is 1. The molecule has 0 aromatic rings. The van der Waals surface area contributed by atoms with Gasteiger partial charge in [0.15, 0.2) is 0 Å². The van der Waals surface area contributed by atoms with Crippen molar-refractivity contribution < 1.29 is 9.53 Å². The van der Waals surface area contributed by atoms with Crippen LogP contribution in [0.1, 0.15) is 20.8 Å². The fourth-order valence-electron chi connectivity index (χ4n) is 1.86. The molecule has 98 valence electrons. The summed E-state index contributed by atoms with van der Waals surface area (Å²) in [5.41, 5.74) is -0.527. The molecule has 1 amide bonds. The van der Waals surface area contributed by atoms with Gasteiger partial charge in [0, 0.05) is 26.2 Å². The Hall–Kier alpha value is -0.445. The molecule has 1 aliphatic heterocycles. The highest BCUT2D eigenvalue weighted by atomic mass is 16.6. The van der Waals surface area contributed by atoms with Gasteiger partial charge in [-0.25, -0.2) is 4.79 Å². The minimum absolute atomic E-state index is 0.365. The van der Waals surface area contributed by atoms with Crippen LogP contribution in [0.25, 0.3) is 0 Å². The Balaban J connectivity index is 2.58. The lowest BCUT2D eigenvalue weighted by molar-refractivity contribution is 0.0118. The van der Waals surface area contributed by atoms with Gasteiger partial charge in [-0.05, 0) is 20.8 Å². The van der Waals surface area contributed by atoms with E-state index in [9.17, 15) is 4.79 Å². The molecule has 10 radical (unpaired) electrons. The van der Waals surface area contributed by atoms with E-state index in [1.54, 1.807) is 9.80 Å². The summed E-state index contributed by atoms with van der Waals surface area (Å²) in [6.07, 6.45) is -0.365. The first-order valence-electron chi connectivity index (χ1n) is 6.52. The topological polar surface area (TPSA) is 32.8 Å². The zero-order valence-corrected chi connectivity index (χ0v) is 12.4. The maximum absolute atomic E-state index is 11.9. The van der Waals surface area contributed by atoms with E-state index >= 15 is 0 Å². The van der Waals surface area contributed by atoms with Crippen molar-refractivity contribution in [2.24, 2.45) is 0 Å². The van der Waals surface area contributed by atoms with E-state index in [0.717, 1.165) is 0 Å². The fourth-order valence-corrected chi connectivity index (χ4v) is 1.86. The van der Waals surface area contributed by atoms with E-state index in [2.05, 4.69) is 0 Å². The molecule has 0 bridgehead atoms. The van der Waals surface area contributed by atoms with Gasteiger partial charge in [0.25, 0.3) is 0 Å². The van der Waals surface area contributed by atoms with Crippen LogP contribution in [0.2, 0.25) is 5.11 Å². The third-order valence-corrected chi connectivity index (χ3v) is 3.15. The molecule has 0 atom stereocenters. The van der Waals surface area contributed by atoms with E-state index in [0.29, 0.717) is 26.2 Å². The summed E-state index contributed by atoms with van der Waals surface area (Å²) in [7, 11) is 28.5. The molecule has 0 aromatic heterocycles. The predicted octanol–water partition coefficient (Wildman–Crippen LogP) is -0.891. The largest absolute Gasteiger partial charge is 0.444 e. The molecule has 0 aromatic carbocycles. The van der Waals surface area contributed by atoms with E-state index in [-0.39, 0.29) is 6.09 Å². The molecular weight excluding hydrogens is 246 g/mol. The maximum atomic E-state index is 11.9. The lowest BCUT2D eigenvalue weighted by atomic mass is 9.26. The first-order chi connectivity index (χ1) is 8.84. The van der Waals surface area contributed by atoms with Gasteiger partial charge in [-0.2, -0.15) is 0 Å². The molecule has 1 aliphatic rings. The summed E-state index contributed by atoms with van der Waals surface area (Å²) >= 11 is 0. The van der Waals surface area contributed by atoms with Crippen molar-refractivity contribution in [2.75, 3.05) is 26.2 Å². The van der Waals surface area contributed by atoms with E-state index in [1.807, 2.05) is 20.8 Å². The van der Waals surface area contributed by atoms with Crippen molar-refractivity contribution in [3.8, 4) is 0 Å². The number of carbonyl (C=O) groups is 1. The normalized spacial score (nSPS) is 18.9. The Morgan fingerprint density at radius 2 is 1.40 bits per heavy atom. The van der Waals surface area contributed by atoms with Gasteiger partial charge >= 0.3 is 6.09 Å². The maximum Gasteiger partial charge on any atom is 0.410 e. The Bertz CT molecular complexity index is 357. The number of amides is 1. The van der Waals surface area contributed by atoms with E-state index in [1.165, 1.54) is 0 Å². The van der Waals surface area contributed by atoms with Gasteiger partial charge in [0.1, 0.15) is 5.60 Å². The van der Waals surface area contributed by atoms with Gasteiger partial charge in [-0.15, -0.1) is 5.11 Å². The van der Waals surface area contributed by atoms with E-state index in [4.69, 9.17) is 44.0 Å². The van der Waals surface area contributed by atoms with Crippen molar-refractivity contribution in [3.63, 3.8) is 0 Å². The summed E-state index contributed by atoms with van der Waals surface area (Å²) in [4.78, 5) is 15.2. The molecule has 0 N–H and O–H groups in total. The Kier molecular flexibility index (Phi) is 5.06. The van der Waals surface area contributed by atoms with Gasteiger partial charge in [-0.3, -0.25) is 0 Å². The van der Waals surface area contributed by atoms with Crippen LogP contribution in [0.4, 0.5) is 4.79 Å². The summed E-state index contributed by atoms with van der Waals surface area (Å²) in [5, 5.41) is -3.28. The summed E-state index contributed by atoms with van der Waals surface area (Å²) in [6, 6.07) is 0. The lowest BCUT2D eigenvalue weighted by Crippen LogP contribution is -2.64. The molecule has 0 aliphatic carbocycles. The number of hydrogen-bond acceptors (Lipinski definition) is 3. The van der Waals surface area contributed by atoms with Crippen molar-refractivity contribution in [2.45, 2.75) is 36.8 Å². The summed E-state index contributed by atoms with van der Waals surface area (Å²) in [5.74, 6) is 0. The smallest absolute Gasteiger partial charge is 0.410 e. The average molecular weight is 263 g/mol. The summed E-state index contributed by atoms with van der Waals surface area (Å²) < 4.78 is 5.30. The third-order valence-electron chi connectivity index (χ3n) is 3.15. The zero-order valence-electron chi connectivity index (χ0n) is 12.4. The minimum atomic E-state index is -1.74. The molecule has 9 heteroatoms. The van der Waals surface area contributed by atoms with Crippen LogP contribution in [0.15, 0.2) is 0 Å². The van der Waals surface area contributed by atoms with E-state index < -0.39 is 16.1 Å². The summed E-state index contributed by atoms with van der Waals surface area (Å²) in [6.45, 7) is 7.12. The van der Waals surface area contributed by atoms with Crippen LogP contribution >= 0.6 is 0 Å². The van der Waals surface area contributed by atoms with Gasteiger partial charge in [0.2, 0.25) is 0 Å². The highest BCUT2D eigenvalue weighted by Gasteiger charge is 2.38. The van der Waals surface area contributed by atoms with Gasteiger partial charge < -0.3 is 14.5 Å². The molecule has 1 rings (SSSR count). The highest BCUT2D eigenvalue weighted by molar-refractivity contribution is 6.67. The zero-order chi connectivity index (χ0) is 15.8. The molecule has 1 saturated heterocycles. The fraction of sp³-hybridized carbons (Fsp3) is 0.909. The lowest BCUT2D eigenvalue weighted by Gasteiger charge is -2.53. The monoisotopic (exact) mass is 264 g/mol. The van der Waals surface area contributed by atoms with Crippen LogP contribution in [0, 0.1) is 0 Å². The van der Waals surface area contributed by atoms with Crippen molar-refractivity contribution in [3.05, 3.63) is 0 Å².